The van der Waals surface area contributed by atoms with E-state index < -0.39 is 147 Å². The van der Waals surface area contributed by atoms with E-state index in [4.69, 9.17) is 5.11 Å². The zero-order valence-electron chi connectivity index (χ0n) is 55.0. The third-order valence-electron chi connectivity index (χ3n) is 16.1. The normalized spacial score (nSPS) is 15.3. The molecule has 1 heterocycles. The van der Waals surface area contributed by atoms with E-state index in [1.807, 2.05) is 0 Å². The molecule has 34 heteroatoms. The first-order valence-corrected chi connectivity index (χ1v) is 32.5. The molecule has 2 aromatic rings. The van der Waals surface area contributed by atoms with Gasteiger partial charge in [0, 0.05) is 104 Å². The molecule has 1 aliphatic rings. The fourth-order valence-electron chi connectivity index (χ4n) is 10.7. The van der Waals surface area contributed by atoms with Gasteiger partial charge in [0.2, 0.25) is 29.5 Å². The summed E-state index contributed by atoms with van der Waals surface area (Å²) in [6, 6.07) is 3.26. The fraction of sp³-hybridized carbons (Fsp3) is 0.594. The van der Waals surface area contributed by atoms with Gasteiger partial charge in [-0.15, -0.1) is 0 Å². The summed E-state index contributed by atoms with van der Waals surface area (Å²) in [4.78, 5) is 181. The number of aromatic hydroxyl groups is 1. The third kappa shape index (κ3) is 34.9. The van der Waals surface area contributed by atoms with Crippen molar-refractivity contribution in [3.05, 3.63) is 65.2 Å². The van der Waals surface area contributed by atoms with Crippen molar-refractivity contribution in [3.63, 3.8) is 0 Å². The topological polar surface area (TPSA) is 518 Å². The molecule has 34 nitrogen and oxygen atoms in total. The van der Waals surface area contributed by atoms with Gasteiger partial charge in [-0.1, -0.05) is 55.3 Å². The van der Waals surface area contributed by atoms with E-state index in [1.54, 1.807) is 48.2 Å². The molecule has 2 aromatic carbocycles. The maximum absolute atomic E-state index is 14.5. The van der Waals surface area contributed by atoms with Gasteiger partial charge in [-0.25, -0.2) is 19.2 Å². The highest BCUT2D eigenvalue weighted by Gasteiger charge is 2.33. The van der Waals surface area contributed by atoms with Gasteiger partial charge in [0.15, 0.2) is 0 Å². The Morgan fingerprint density at radius 3 is 1.27 bits per heavy atom. The van der Waals surface area contributed by atoms with Crippen LogP contribution in [0.2, 0.25) is 0 Å². The van der Waals surface area contributed by atoms with Crippen LogP contribution in [0.1, 0.15) is 119 Å². The van der Waals surface area contributed by atoms with Crippen LogP contribution in [0.5, 0.6) is 5.75 Å². The minimum Gasteiger partial charge on any atom is -0.508 e. The number of aryl methyl sites for hydroxylation is 1. The molecule has 98 heavy (non-hydrogen) atoms. The number of carbonyl (C=O) groups is 14. The lowest BCUT2D eigenvalue weighted by Crippen LogP contribution is -2.57. The number of benzene rings is 2. The zero-order valence-corrected chi connectivity index (χ0v) is 55.0. The summed E-state index contributed by atoms with van der Waals surface area (Å²) in [5, 5.41) is 105. The van der Waals surface area contributed by atoms with Gasteiger partial charge in [0.1, 0.15) is 42.0 Å². The predicted octanol–water partition coefficient (Wildman–Crippen LogP) is -0.282. The first-order valence-electron chi connectivity index (χ1n) is 32.5. The Labute approximate surface area is 566 Å². The van der Waals surface area contributed by atoms with Crippen LogP contribution in [-0.4, -0.2) is 270 Å². The summed E-state index contributed by atoms with van der Waals surface area (Å²) in [7, 11) is 0. The number of amides is 7. The van der Waals surface area contributed by atoms with E-state index in [0.29, 0.717) is 55.2 Å². The Kier molecular flexibility index (Phi) is 38.0. The van der Waals surface area contributed by atoms with E-state index in [1.165, 1.54) is 26.8 Å². The number of nitrogens with zero attached hydrogens (tertiary/aromatic N) is 4. The number of hydrogen-bond donors (Lipinski definition) is 16. The van der Waals surface area contributed by atoms with Crippen molar-refractivity contribution in [2.24, 2.45) is 0 Å². The van der Waals surface area contributed by atoms with Crippen LogP contribution < -0.4 is 37.2 Å². The van der Waals surface area contributed by atoms with Gasteiger partial charge in [0.25, 0.3) is 0 Å². The second kappa shape index (κ2) is 45.1. The van der Waals surface area contributed by atoms with Crippen molar-refractivity contribution in [2.45, 2.75) is 159 Å². The van der Waals surface area contributed by atoms with Gasteiger partial charge >= 0.3 is 53.8 Å². The molecule has 6 atom stereocenters. The molecule has 0 bridgehead atoms. The van der Waals surface area contributed by atoms with Crippen LogP contribution in [0.3, 0.4) is 0 Å². The van der Waals surface area contributed by atoms with Gasteiger partial charge in [-0.2, -0.15) is 0 Å². The maximum atomic E-state index is 14.5. The molecule has 0 radical (unpaired) electrons. The summed E-state index contributed by atoms with van der Waals surface area (Å²) < 4.78 is 0. The number of rotatable bonds is 45. The first kappa shape index (κ1) is 82.7. The fourth-order valence-corrected chi connectivity index (χ4v) is 10.7. The molecule has 0 saturated carbocycles. The highest BCUT2D eigenvalue weighted by atomic mass is 16.4. The highest BCUT2D eigenvalue weighted by Crippen LogP contribution is 2.19. The molecule has 7 amide bonds. The smallest absolute Gasteiger partial charge is 0.326 e. The number of phenolic OH excluding ortho intramolecular Hbond substituents is 1. The highest BCUT2D eigenvalue weighted by molar-refractivity contribution is 5.94. The lowest BCUT2D eigenvalue weighted by atomic mass is 10.00. The maximum Gasteiger partial charge on any atom is 0.326 e. The summed E-state index contributed by atoms with van der Waals surface area (Å²) in [6.45, 7) is 0.938. The van der Waals surface area contributed by atoms with Crippen LogP contribution in [0, 0.1) is 6.92 Å². The van der Waals surface area contributed by atoms with Crippen LogP contribution in [0.15, 0.2) is 48.5 Å². The molecular weight excluding hydrogens is 1290 g/mol. The number of aliphatic carboxylic acids is 8. The van der Waals surface area contributed by atoms with Gasteiger partial charge in [-0.05, 0) is 93.9 Å². The van der Waals surface area contributed by atoms with E-state index >= 15 is 0 Å². The van der Waals surface area contributed by atoms with Crippen molar-refractivity contribution in [1.29, 1.82) is 0 Å². The number of hydrogen-bond acceptors (Lipinski definition) is 19. The molecule has 544 valence electrons. The second-order valence-corrected chi connectivity index (χ2v) is 24.0. The Balaban J connectivity index is 1.58. The van der Waals surface area contributed by atoms with Crippen molar-refractivity contribution in [3.8, 4) is 5.75 Å². The summed E-state index contributed by atoms with van der Waals surface area (Å²) in [6.07, 6.45) is 1.75. The minimum atomic E-state index is -1.54. The third-order valence-corrected chi connectivity index (χ3v) is 16.1. The lowest BCUT2D eigenvalue weighted by Gasteiger charge is -2.35. The van der Waals surface area contributed by atoms with Gasteiger partial charge in [-0.3, -0.25) is 67.5 Å². The van der Waals surface area contributed by atoms with Crippen LogP contribution in [0.4, 0.5) is 4.79 Å². The zero-order chi connectivity index (χ0) is 72.7. The number of unbranched alkanes of at least 4 members (excludes halogenated alkanes) is 5. The lowest BCUT2D eigenvalue weighted by molar-refractivity contribution is -0.145. The van der Waals surface area contributed by atoms with Crippen LogP contribution in [-0.2, 0) is 75.2 Å². The van der Waals surface area contributed by atoms with Crippen LogP contribution >= 0.6 is 0 Å². The number of carbonyl (C=O) groups excluding carboxylic acids is 6. The van der Waals surface area contributed by atoms with E-state index in [0.717, 1.165) is 0 Å². The molecule has 3 rings (SSSR count). The van der Waals surface area contributed by atoms with Crippen molar-refractivity contribution < 1.29 is 113 Å². The Morgan fingerprint density at radius 1 is 0.398 bits per heavy atom. The molecule has 1 aliphatic heterocycles. The predicted molar refractivity (Wildman–Crippen MR) is 347 cm³/mol. The largest absolute Gasteiger partial charge is 0.508 e. The number of phenols is 1. The number of nitrogens with one attached hydrogen (secondary N) is 7. The summed E-state index contributed by atoms with van der Waals surface area (Å²) >= 11 is 0. The Hall–Kier alpha value is -9.54. The number of urea groups is 1. The standard InChI is InChI=1S/C64H95N11O23/c1-41-35-43(19-22-50(41)76)37-47(67-53(79)23-21-49(63(96)97)75-33-31-73(39-56(84)85)29-27-72(38-55(82)83)28-30-74(32-34-75)40-57(86)87)58(88)69-48(36-42-13-5-4-6-14-42)59(89)68-44(60(90)91)15-9-11-25-65-51(77)17-7-2-3-8-18-52(78)66-26-12-10-16-45(61(92)93)70-64(98)71-46(62(94)95)20-24-54(80)81/h4-6,13-14,19,22,35,44-49,76H,2-3,7-12,15-18,20-21,23-34,36-40H2,1H3,(H,65,77)(H,66,78)(H,67,79)(H,68,89)(H,69,88)(H,80,81)(H,82,83)(H,84,85)(H,86,87)(H,90,91)(H,92,93)(H,94,95)(H,96,97)(H2,70,71,98)/t44?,45-,46-,47?,48?,49?/m0/s1. The van der Waals surface area contributed by atoms with E-state index in [9.17, 15) is 108 Å². The number of carboxylic acids is 8. The van der Waals surface area contributed by atoms with Crippen molar-refractivity contribution in [2.75, 3.05) is 85.1 Å². The molecule has 4 unspecified atom stereocenters. The molecular formula is C64H95N11O23. The average Bonchev–Trinajstić information content (AvgIpc) is 0.861. The summed E-state index contributed by atoms with van der Waals surface area (Å²) in [5.74, 6) is -13.5. The van der Waals surface area contributed by atoms with Gasteiger partial charge < -0.3 is 83.2 Å². The summed E-state index contributed by atoms with van der Waals surface area (Å²) in [5.41, 5.74) is 1.47. The van der Waals surface area contributed by atoms with E-state index in [-0.39, 0.29) is 141 Å². The SMILES string of the molecule is Cc1cc(CC(NC(=O)CCC(C(=O)O)N2CCN(CC(=O)O)CCN(CC(=O)O)CCN(CC(=O)O)CC2)C(=O)NC(Cc2ccccc2)C(=O)NC(CCCCNC(=O)CCCCCCC(=O)NCCCC[C@H](NC(=O)N[C@@H](CCC(=O)O)C(=O)O)C(=O)O)C(=O)O)ccc1O. The molecule has 0 aliphatic carbocycles. The molecule has 1 fully saturated rings. The molecule has 0 aromatic heterocycles. The molecule has 16 N–H and O–H groups in total. The molecule has 1 saturated heterocycles. The van der Waals surface area contributed by atoms with Crippen molar-refractivity contribution in [1.82, 2.24) is 56.8 Å². The first-order chi connectivity index (χ1) is 46.5. The Morgan fingerprint density at radius 2 is 0.827 bits per heavy atom. The average molecular weight is 1390 g/mol. The monoisotopic (exact) mass is 1390 g/mol. The van der Waals surface area contributed by atoms with E-state index in [2.05, 4.69) is 37.2 Å². The van der Waals surface area contributed by atoms with Gasteiger partial charge in [0.05, 0.1) is 19.6 Å². The number of carboxylic acid groups (broad SMARTS) is 8. The quantitative estimate of drug-likeness (QED) is 0.0379. The molecule has 0 spiro atoms. The second-order valence-electron chi connectivity index (χ2n) is 24.0. The van der Waals surface area contributed by atoms with Crippen LogP contribution in [0.25, 0.3) is 0 Å². The minimum absolute atomic E-state index is 0.00459. The van der Waals surface area contributed by atoms with Crippen molar-refractivity contribution >= 4 is 83.3 Å². The Bertz CT molecular complexity index is 2960.